The molecule has 5 nitrogen and oxygen atoms in total. The van der Waals surface area contributed by atoms with E-state index in [4.69, 9.17) is 40.2 Å². The van der Waals surface area contributed by atoms with Crippen LogP contribution in [0.15, 0.2) is 54.6 Å². The number of halogens is 2. The normalized spacial score (nSPS) is 15.4. The van der Waals surface area contributed by atoms with Gasteiger partial charge in [-0.3, -0.25) is 19.8 Å². The molecule has 3 rings (SSSR count). The van der Waals surface area contributed by atoms with Gasteiger partial charge >= 0.3 is 0 Å². The van der Waals surface area contributed by atoms with Gasteiger partial charge in [-0.15, -0.1) is 6.58 Å². The number of benzene rings is 2. The molecular weight excluding hydrogens is 443 g/mol. The average Bonchev–Trinajstić information content (AvgIpc) is 2.69. The van der Waals surface area contributed by atoms with Crippen LogP contribution in [0.2, 0.25) is 10.0 Å². The van der Waals surface area contributed by atoms with E-state index in [1.54, 1.807) is 12.1 Å². The maximum atomic E-state index is 12.6. The maximum absolute atomic E-state index is 12.6. The first-order valence-electron chi connectivity index (χ1n) is 8.97. The number of hydrogen-bond acceptors (Lipinski definition) is 4. The third-order valence-electron chi connectivity index (χ3n) is 4.33. The van der Waals surface area contributed by atoms with Gasteiger partial charge in [0.2, 0.25) is 0 Å². The summed E-state index contributed by atoms with van der Waals surface area (Å²) in [7, 11) is 0. The third kappa shape index (κ3) is 4.90. The lowest BCUT2D eigenvalue weighted by atomic mass is 10.1. The smallest absolute Gasteiger partial charge is 0.265 e. The molecule has 154 valence electrons. The number of aryl methyl sites for hydroxylation is 1. The van der Waals surface area contributed by atoms with Gasteiger partial charge in [-0.25, -0.2) is 0 Å². The third-order valence-corrected chi connectivity index (χ3v) is 5.22. The summed E-state index contributed by atoms with van der Waals surface area (Å²) in [5.74, 6) is -0.775. The number of rotatable bonds is 6. The molecule has 0 unspecified atom stereocenters. The molecule has 2 aromatic carbocycles. The highest BCUT2D eigenvalue weighted by Crippen LogP contribution is 2.35. The van der Waals surface area contributed by atoms with Crippen molar-refractivity contribution in [1.29, 1.82) is 0 Å². The van der Waals surface area contributed by atoms with Gasteiger partial charge in [-0.1, -0.05) is 59.1 Å². The van der Waals surface area contributed by atoms with Gasteiger partial charge in [-0.2, -0.15) is 0 Å². The Morgan fingerprint density at radius 2 is 1.80 bits per heavy atom. The van der Waals surface area contributed by atoms with Crippen LogP contribution in [0.4, 0.5) is 0 Å². The number of thiocarbonyl (C=S) groups is 1. The van der Waals surface area contributed by atoms with E-state index in [9.17, 15) is 9.59 Å². The zero-order chi connectivity index (χ0) is 21.8. The molecule has 0 aliphatic carbocycles. The Balaban J connectivity index is 1.84. The molecule has 2 amide bonds. The number of carbonyl (C=O) groups excluding carboxylic acids is 2. The number of amides is 2. The van der Waals surface area contributed by atoms with Crippen molar-refractivity contribution in [3.63, 3.8) is 0 Å². The van der Waals surface area contributed by atoms with Crippen molar-refractivity contribution in [1.82, 2.24) is 10.2 Å². The second-order valence-corrected chi connectivity index (χ2v) is 7.81. The SMILES string of the molecule is C=CCN1C(=O)/C(=C/c2cc(Cl)c(OCc3ccc(C)cc3)c(Cl)c2)C(=O)NC1=S. The first-order chi connectivity index (χ1) is 14.3. The lowest BCUT2D eigenvalue weighted by molar-refractivity contribution is -0.128. The van der Waals surface area contributed by atoms with Crippen molar-refractivity contribution in [3.8, 4) is 5.75 Å². The number of nitrogens with zero attached hydrogens (tertiary/aromatic N) is 1. The molecule has 0 bridgehead atoms. The highest BCUT2D eigenvalue weighted by atomic mass is 35.5. The molecule has 1 aliphatic heterocycles. The summed E-state index contributed by atoms with van der Waals surface area (Å²) in [5, 5.41) is 3.06. The van der Waals surface area contributed by atoms with E-state index in [2.05, 4.69) is 11.9 Å². The Labute approximate surface area is 189 Å². The second kappa shape index (κ2) is 9.43. The second-order valence-electron chi connectivity index (χ2n) is 6.61. The summed E-state index contributed by atoms with van der Waals surface area (Å²) in [6, 6.07) is 11.1. The quantitative estimate of drug-likeness (QED) is 0.294. The molecule has 1 aliphatic rings. The molecule has 30 heavy (non-hydrogen) atoms. The topological polar surface area (TPSA) is 58.6 Å². The molecule has 0 aromatic heterocycles. The van der Waals surface area contributed by atoms with E-state index < -0.39 is 11.8 Å². The zero-order valence-electron chi connectivity index (χ0n) is 16.1. The first-order valence-corrected chi connectivity index (χ1v) is 10.1. The van der Waals surface area contributed by atoms with E-state index >= 15 is 0 Å². The van der Waals surface area contributed by atoms with Crippen LogP contribution in [-0.4, -0.2) is 28.4 Å². The van der Waals surface area contributed by atoms with E-state index in [0.29, 0.717) is 17.9 Å². The number of carbonyl (C=O) groups is 2. The summed E-state index contributed by atoms with van der Waals surface area (Å²) >= 11 is 17.7. The minimum Gasteiger partial charge on any atom is -0.486 e. The summed E-state index contributed by atoms with van der Waals surface area (Å²) in [6.07, 6.45) is 2.93. The number of nitrogens with one attached hydrogen (secondary N) is 1. The zero-order valence-corrected chi connectivity index (χ0v) is 18.4. The maximum Gasteiger partial charge on any atom is 0.265 e. The number of hydrogen-bond donors (Lipinski definition) is 1. The predicted molar refractivity (Wildman–Crippen MR) is 123 cm³/mol. The lowest BCUT2D eigenvalue weighted by Gasteiger charge is -2.27. The van der Waals surface area contributed by atoms with Crippen LogP contribution in [0.3, 0.4) is 0 Å². The van der Waals surface area contributed by atoms with E-state index in [1.807, 2.05) is 31.2 Å². The van der Waals surface area contributed by atoms with Gasteiger partial charge in [-0.05, 0) is 48.5 Å². The van der Waals surface area contributed by atoms with Crippen LogP contribution in [0, 0.1) is 6.92 Å². The van der Waals surface area contributed by atoms with Gasteiger partial charge in [0.1, 0.15) is 12.2 Å². The molecular formula is C22H18Cl2N2O3S. The molecule has 1 N–H and O–H groups in total. The van der Waals surface area contributed by atoms with Crippen molar-refractivity contribution >= 4 is 58.4 Å². The number of ether oxygens (including phenoxy) is 1. The fraction of sp³-hybridized carbons (Fsp3) is 0.136. The van der Waals surface area contributed by atoms with Gasteiger partial charge < -0.3 is 4.74 Å². The summed E-state index contributed by atoms with van der Waals surface area (Å²) in [5.41, 5.74) is 2.53. The molecule has 2 aromatic rings. The fourth-order valence-corrected chi connectivity index (χ4v) is 3.66. The van der Waals surface area contributed by atoms with Crippen LogP contribution in [0.1, 0.15) is 16.7 Å². The van der Waals surface area contributed by atoms with Crippen LogP contribution in [0.25, 0.3) is 6.08 Å². The standard InChI is InChI=1S/C22H18Cl2N2O3S/c1-3-8-26-21(28)16(20(27)25-22(26)30)9-15-10-17(23)19(18(24)11-15)29-12-14-6-4-13(2)5-7-14/h3-7,9-11H,1,8,12H2,2H3,(H,25,27,30)/b16-9+. The van der Waals surface area contributed by atoms with Crippen LogP contribution in [-0.2, 0) is 16.2 Å². The molecule has 8 heteroatoms. The highest BCUT2D eigenvalue weighted by Gasteiger charge is 2.32. The van der Waals surface area contributed by atoms with Crippen molar-refractivity contribution in [2.24, 2.45) is 0 Å². The summed E-state index contributed by atoms with van der Waals surface area (Å²) < 4.78 is 5.78. The van der Waals surface area contributed by atoms with E-state index in [0.717, 1.165) is 11.1 Å². The monoisotopic (exact) mass is 460 g/mol. The lowest BCUT2D eigenvalue weighted by Crippen LogP contribution is -2.53. The molecule has 0 spiro atoms. The van der Waals surface area contributed by atoms with E-state index in [1.165, 1.54) is 17.1 Å². The average molecular weight is 461 g/mol. The Morgan fingerprint density at radius 1 is 1.17 bits per heavy atom. The highest BCUT2D eigenvalue weighted by molar-refractivity contribution is 7.80. The van der Waals surface area contributed by atoms with Gasteiger partial charge in [0.25, 0.3) is 11.8 Å². The minimum absolute atomic E-state index is 0.0398. The molecule has 1 heterocycles. The summed E-state index contributed by atoms with van der Waals surface area (Å²) in [4.78, 5) is 26.1. The largest absolute Gasteiger partial charge is 0.486 e. The van der Waals surface area contributed by atoms with Crippen molar-refractivity contribution in [2.45, 2.75) is 13.5 Å². The summed E-state index contributed by atoms with van der Waals surface area (Å²) in [6.45, 7) is 6.08. The minimum atomic E-state index is -0.586. The molecule has 1 fully saturated rings. The first kappa shape index (κ1) is 22.0. The Morgan fingerprint density at radius 3 is 2.40 bits per heavy atom. The Hall–Kier alpha value is -2.67. The van der Waals surface area contributed by atoms with Gasteiger partial charge in [0.15, 0.2) is 10.9 Å². The molecule has 0 radical (unpaired) electrons. The molecule has 1 saturated heterocycles. The van der Waals surface area contributed by atoms with E-state index in [-0.39, 0.29) is 27.3 Å². The van der Waals surface area contributed by atoms with Gasteiger partial charge in [0.05, 0.1) is 10.0 Å². The molecule has 0 saturated carbocycles. The Kier molecular flexibility index (Phi) is 6.92. The Bertz CT molecular complexity index is 1040. The predicted octanol–water partition coefficient (Wildman–Crippen LogP) is 4.69. The fourth-order valence-electron chi connectivity index (χ4n) is 2.80. The van der Waals surface area contributed by atoms with Crippen LogP contribution >= 0.6 is 35.4 Å². The van der Waals surface area contributed by atoms with Crippen molar-refractivity contribution < 1.29 is 14.3 Å². The van der Waals surface area contributed by atoms with Crippen LogP contribution < -0.4 is 10.1 Å². The van der Waals surface area contributed by atoms with Crippen molar-refractivity contribution in [3.05, 3.63) is 81.4 Å². The van der Waals surface area contributed by atoms with Crippen LogP contribution in [0.5, 0.6) is 5.75 Å². The van der Waals surface area contributed by atoms with Crippen molar-refractivity contribution in [2.75, 3.05) is 6.54 Å². The molecule has 0 atom stereocenters. The van der Waals surface area contributed by atoms with Gasteiger partial charge in [0, 0.05) is 6.54 Å².